The van der Waals surface area contributed by atoms with E-state index in [1.807, 2.05) is 26.0 Å². The van der Waals surface area contributed by atoms with E-state index in [1.165, 1.54) is 16.8 Å². The van der Waals surface area contributed by atoms with Crippen molar-refractivity contribution in [3.05, 3.63) is 70.9 Å². The summed E-state index contributed by atoms with van der Waals surface area (Å²) in [5.74, 6) is -0.370. The SMILES string of the molecule is CC.NC(=O)c1ccc2[nH]c3c(c2c1)CCCC3NCCc1ccccc1. The highest BCUT2D eigenvalue weighted by molar-refractivity contribution is 5.98. The van der Waals surface area contributed by atoms with Crippen LogP contribution in [-0.2, 0) is 12.8 Å². The summed E-state index contributed by atoms with van der Waals surface area (Å²) < 4.78 is 0. The van der Waals surface area contributed by atoms with E-state index < -0.39 is 0 Å². The molecule has 0 saturated carbocycles. The van der Waals surface area contributed by atoms with Crippen molar-refractivity contribution >= 4 is 16.8 Å². The van der Waals surface area contributed by atoms with Gasteiger partial charge in [-0.05, 0) is 61.6 Å². The molecule has 4 heteroatoms. The number of nitrogens with two attached hydrogens (primary N) is 1. The van der Waals surface area contributed by atoms with Crippen LogP contribution in [0.5, 0.6) is 0 Å². The predicted molar refractivity (Wildman–Crippen MR) is 112 cm³/mol. The lowest BCUT2D eigenvalue weighted by atomic mass is 9.91. The number of carbonyl (C=O) groups excluding carboxylic acids is 1. The molecule has 27 heavy (non-hydrogen) atoms. The largest absolute Gasteiger partial charge is 0.366 e. The van der Waals surface area contributed by atoms with Gasteiger partial charge in [0.15, 0.2) is 0 Å². The second kappa shape index (κ2) is 8.87. The van der Waals surface area contributed by atoms with Gasteiger partial charge in [0, 0.05) is 28.2 Å². The number of hydrogen-bond donors (Lipinski definition) is 3. The van der Waals surface area contributed by atoms with E-state index in [1.54, 1.807) is 6.07 Å². The second-order valence-corrected chi connectivity index (χ2v) is 6.78. The first-order valence-electron chi connectivity index (χ1n) is 9.94. The van der Waals surface area contributed by atoms with Crippen LogP contribution in [0.3, 0.4) is 0 Å². The number of benzene rings is 2. The molecule has 4 rings (SSSR count). The molecule has 4 N–H and O–H groups in total. The normalized spacial score (nSPS) is 15.7. The summed E-state index contributed by atoms with van der Waals surface area (Å²) in [6, 6.07) is 16.6. The average Bonchev–Trinajstić information content (AvgIpc) is 3.09. The lowest BCUT2D eigenvalue weighted by Gasteiger charge is -2.24. The molecule has 1 unspecified atom stereocenters. The quantitative estimate of drug-likeness (QED) is 0.624. The van der Waals surface area contributed by atoms with Crippen LogP contribution in [0.4, 0.5) is 0 Å². The van der Waals surface area contributed by atoms with Gasteiger partial charge in [-0.15, -0.1) is 0 Å². The Morgan fingerprint density at radius 1 is 1.19 bits per heavy atom. The van der Waals surface area contributed by atoms with E-state index in [4.69, 9.17) is 5.73 Å². The number of fused-ring (bicyclic) bond motifs is 3. The van der Waals surface area contributed by atoms with Gasteiger partial charge < -0.3 is 16.0 Å². The van der Waals surface area contributed by atoms with Crippen molar-refractivity contribution in [2.75, 3.05) is 6.54 Å². The number of carbonyl (C=O) groups is 1. The Balaban J connectivity index is 0.00000102. The van der Waals surface area contributed by atoms with E-state index >= 15 is 0 Å². The predicted octanol–water partition coefficient (Wildman–Crippen LogP) is 4.50. The van der Waals surface area contributed by atoms with Crippen LogP contribution >= 0.6 is 0 Å². The third-order valence-electron chi connectivity index (χ3n) is 5.14. The van der Waals surface area contributed by atoms with Gasteiger partial charge in [0.2, 0.25) is 5.91 Å². The Kier molecular flexibility index (Phi) is 6.30. The number of primary amides is 1. The first-order valence-corrected chi connectivity index (χ1v) is 9.94. The fourth-order valence-electron chi connectivity index (χ4n) is 3.86. The number of hydrogen-bond acceptors (Lipinski definition) is 2. The molecule has 1 atom stereocenters. The van der Waals surface area contributed by atoms with E-state index in [-0.39, 0.29) is 5.91 Å². The number of amides is 1. The molecular weight excluding hydrogens is 334 g/mol. The van der Waals surface area contributed by atoms with Crippen LogP contribution in [0.25, 0.3) is 10.9 Å². The summed E-state index contributed by atoms with van der Waals surface area (Å²) >= 11 is 0. The Labute approximate surface area is 161 Å². The van der Waals surface area contributed by atoms with Gasteiger partial charge in [-0.2, -0.15) is 0 Å². The fourth-order valence-corrected chi connectivity index (χ4v) is 3.86. The van der Waals surface area contributed by atoms with Crippen molar-refractivity contribution in [2.24, 2.45) is 5.73 Å². The van der Waals surface area contributed by atoms with Crippen LogP contribution in [0.1, 0.15) is 59.9 Å². The monoisotopic (exact) mass is 363 g/mol. The highest BCUT2D eigenvalue weighted by atomic mass is 16.1. The molecule has 1 heterocycles. The maximum absolute atomic E-state index is 11.5. The average molecular weight is 364 g/mol. The minimum atomic E-state index is -0.370. The molecule has 0 bridgehead atoms. The zero-order chi connectivity index (χ0) is 19.2. The van der Waals surface area contributed by atoms with Crippen molar-refractivity contribution in [1.82, 2.24) is 10.3 Å². The van der Waals surface area contributed by atoms with Crippen LogP contribution in [0.2, 0.25) is 0 Å². The number of aryl methyl sites for hydroxylation is 1. The molecule has 0 saturated heterocycles. The van der Waals surface area contributed by atoms with Gasteiger partial charge in [-0.1, -0.05) is 44.2 Å². The summed E-state index contributed by atoms with van der Waals surface area (Å²) in [5.41, 5.74) is 11.1. The van der Waals surface area contributed by atoms with Crippen LogP contribution in [-0.4, -0.2) is 17.4 Å². The van der Waals surface area contributed by atoms with E-state index in [0.717, 1.165) is 43.1 Å². The molecule has 0 spiro atoms. The molecule has 1 aliphatic carbocycles. The van der Waals surface area contributed by atoms with Crippen molar-refractivity contribution < 1.29 is 4.79 Å². The molecule has 0 radical (unpaired) electrons. The van der Waals surface area contributed by atoms with E-state index in [9.17, 15) is 4.79 Å². The lowest BCUT2D eigenvalue weighted by molar-refractivity contribution is 0.100. The summed E-state index contributed by atoms with van der Waals surface area (Å²) in [6.07, 6.45) is 4.37. The van der Waals surface area contributed by atoms with Crippen LogP contribution < -0.4 is 11.1 Å². The molecule has 2 aromatic carbocycles. The standard InChI is InChI=1S/C21H23N3O.C2H6/c22-21(25)15-9-10-18-17(13-15)16-7-4-8-19(20(16)24-18)23-12-11-14-5-2-1-3-6-14;1-2/h1-3,5-6,9-10,13,19,23-24H,4,7-8,11-12H2,(H2,22,25);1-2H3. The first kappa shape index (κ1) is 19.2. The minimum absolute atomic E-state index is 0.344. The van der Waals surface area contributed by atoms with Crippen molar-refractivity contribution in [3.63, 3.8) is 0 Å². The first-order chi connectivity index (χ1) is 13.2. The van der Waals surface area contributed by atoms with Gasteiger partial charge in [-0.3, -0.25) is 4.79 Å². The van der Waals surface area contributed by atoms with Crippen LogP contribution in [0, 0.1) is 0 Å². The molecule has 3 aromatic rings. The van der Waals surface area contributed by atoms with Crippen molar-refractivity contribution in [1.29, 1.82) is 0 Å². The molecule has 1 aromatic heterocycles. The van der Waals surface area contributed by atoms with Gasteiger partial charge in [0.1, 0.15) is 0 Å². The zero-order valence-corrected chi connectivity index (χ0v) is 16.2. The van der Waals surface area contributed by atoms with E-state index in [2.05, 4.69) is 40.6 Å². The highest BCUT2D eigenvalue weighted by Gasteiger charge is 2.24. The Bertz CT molecular complexity index is 899. The number of H-pyrrole nitrogens is 1. The number of nitrogens with one attached hydrogen (secondary N) is 2. The Morgan fingerprint density at radius 3 is 2.70 bits per heavy atom. The Hall–Kier alpha value is -2.59. The van der Waals surface area contributed by atoms with Gasteiger partial charge in [0.25, 0.3) is 0 Å². The van der Waals surface area contributed by atoms with Gasteiger partial charge >= 0.3 is 0 Å². The second-order valence-electron chi connectivity index (χ2n) is 6.78. The summed E-state index contributed by atoms with van der Waals surface area (Å²) in [5, 5.41) is 4.84. The summed E-state index contributed by atoms with van der Waals surface area (Å²) in [6.45, 7) is 4.95. The topological polar surface area (TPSA) is 70.9 Å². The molecule has 1 amide bonds. The van der Waals surface area contributed by atoms with Gasteiger partial charge in [0.05, 0.1) is 0 Å². The van der Waals surface area contributed by atoms with Crippen LogP contribution in [0.15, 0.2) is 48.5 Å². The van der Waals surface area contributed by atoms with E-state index in [0.29, 0.717) is 11.6 Å². The number of aromatic amines is 1. The molecule has 142 valence electrons. The zero-order valence-electron chi connectivity index (χ0n) is 16.2. The summed E-state index contributed by atoms with van der Waals surface area (Å²) in [4.78, 5) is 15.0. The smallest absolute Gasteiger partial charge is 0.248 e. The van der Waals surface area contributed by atoms with Gasteiger partial charge in [-0.25, -0.2) is 0 Å². The van der Waals surface area contributed by atoms with Crippen molar-refractivity contribution in [3.8, 4) is 0 Å². The number of rotatable bonds is 5. The van der Waals surface area contributed by atoms with Crippen molar-refractivity contribution in [2.45, 2.75) is 45.6 Å². The highest BCUT2D eigenvalue weighted by Crippen LogP contribution is 2.35. The molecule has 1 aliphatic rings. The Morgan fingerprint density at radius 2 is 1.96 bits per heavy atom. The fraction of sp³-hybridized carbons (Fsp3) is 0.348. The molecule has 0 aliphatic heterocycles. The maximum atomic E-state index is 11.5. The third kappa shape index (κ3) is 4.22. The summed E-state index contributed by atoms with van der Waals surface area (Å²) in [7, 11) is 0. The lowest BCUT2D eigenvalue weighted by Crippen LogP contribution is -2.27. The molecular formula is C23H29N3O. The minimum Gasteiger partial charge on any atom is -0.366 e. The number of aromatic nitrogens is 1. The molecule has 0 fully saturated rings. The third-order valence-corrected chi connectivity index (χ3v) is 5.14. The molecule has 4 nitrogen and oxygen atoms in total. The maximum Gasteiger partial charge on any atom is 0.248 e.